The van der Waals surface area contributed by atoms with Crippen molar-refractivity contribution in [2.75, 3.05) is 0 Å². The number of carbonyl (C=O) groups is 2. The number of hydrogen-bond acceptors (Lipinski definition) is 2. The highest BCUT2D eigenvalue weighted by Crippen LogP contribution is 2.18. The van der Waals surface area contributed by atoms with Gasteiger partial charge in [-0.1, -0.05) is 41.9 Å². The molecule has 0 aliphatic rings. The molecule has 1 rings (SSSR count). The first-order valence-corrected chi connectivity index (χ1v) is 6.68. The summed E-state index contributed by atoms with van der Waals surface area (Å²) in [7, 11) is 0. The van der Waals surface area contributed by atoms with E-state index in [0.717, 1.165) is 10.0 Å². The van der Waals surface area contributed by atoms with Crippen molar-refractivity contribution >= 4 is 27.7 Å². The number of hydrogen-bond donors (Lipinski definition) is 1. The summed E-state index contributed by atoms with van der Waals surface area (Å²) in [6, 6.07) is 7.49. The van der Waals surface area contributed by atoms with Crippen LogP contribution in [-0.4, -0.2) is 16.9 Å². The lowest BCUT2D eigenvalue weighted by molar-refractivity contribution is -0.145. The van der Waals surface area contributed by atoms with Crippen molar-refractivity contribution in [3.8, 4) is 0 Å². The molecule has 0 aliphatic heterocycles. The van der Waals surface area contributed by atoms with Gasteiger partial charge in [-0.25, -0.2) is 0 Å². The number of ketones is 1. The van der Waals surface area contributed by atoms with Gasteiger partial charge in [0.1, 0.15) is 5.78 Å². The average Bonchev–Trinajstić information content (AvgIpc) is 2.28. The summed E-state index contributed by atoms with van der Waals surface area (Å²) in [6.07, 6.45) is 0.396. The van der Waals surface area contributed by atoms with Crippen molar-refractivity contribution < 1.29 is 14.7 Å². The molecule has 0 bridgehead atoms. The maximum Gasteiger partial charge on any atom is 0.307 e. The Morgan fingerprint density at radius 1 is 1.22 bits per heavy atom. The van der Waals surface area contributed by atoms with E-state index in [9.17, 15) is 9.59 Å². The van der Waals surface area contributed by atoms with Crippen molar-refractivity contribution in [3.05, 3.63) is 34.3 Å². The summed E-state index contributed by atoms with van der Waals surface area (Å²) < 4.78 is 0.962. The number of Topliss-reactive ketones (excluding diaryl/α,β-unsaturated/α-hetero) is 1. The van der Waals surface area contributed by atoms with Gasteiger partial charge in [-0.3, -0.25) is 9.59 Å². The third kappa shape index (κ3) is 4.61. The fraction of sp³-hybridized carbons (Fsp3) is 0.429. The molecule has 3 nitrogen and oxygen atoms in total. The van der Waals surface area contributed by atoms with E-state index in [1.807, 2.05) is 38.1 Å². The molecule has 0 aromatic heterocycles. The molecule has 0 saturated carbocycles. The summed E-state index contributed by atoms with van der Waals surface area (Å²) in [6.45, 7) is 3.65. The largest absolute Gasteiger partial charge is 0.481 e. The van der Waals surface area contributed by atoms with Crippen molar-refractivity contribution in [1.29, 1.82) is 0 Å². The molecule has 98 valence electrons. The third-order valence-electron chi connectivity index (χ3n) is 2.88. The average molecular weight is 313 g/mol. The molecule has 0 heterocycles. The van der Waals surface area contributed by atoms with E-state index in [1.165, 1.54) is 0 Å². The predicted molar refractivity (Wildman–Crippen MR) is 73.4 cm³/mol. The van der Waals surface area contributed by atoms with Crippen LogP contribution in [0.1, 0.15) is 25.8 Å². The van der Waals surface area contributed by atoms with Crippen molar-refractivity contribution in [3.63, 3.8) is 0 Å². The highest BCUT2D eigenvalue weighted by atomic mass is 79.9. The van der Waals surface area contributed by atoms with Gasteiger partial charge in [-0.2, -0.15) is 0 Å². The molecule has 1 aromatic carbocycles. The maximum absolute atomic E-state index is 11.8. The third-order valence-corrected chi connectivity index (χ3v) is 3.41. The fourth-order valence-electron chi connectivity index (χ4n) is 1.76. The molecule has 0 aliphatic carbocycles. The minimum Gasteiger partial charge on any atom is -0.481 e. The number of aliphatic carboxylic acids is 1. The van der Waals surface area contributed by atoms with Crippen LogP contribution in [0.15, 0.2) is 28.7 Å². The SMILES string of the molecule is CC(C)[C@H](CC(=O)Cc1ccc(Br)cc1)C(=O)O. The molecular formula is C14H17BrO3. The number of benzene rings is 1. The summed E-state index contributed by atoms with van der Waals surface area (Å²) in [5.41, 5.74) is 0.913. The van der Waals surface area contributed by atoms with Gasteiger partial charge in [0.25, 0.3) is 0 Å². The Balaban J connectivity index is 2.60. The van der Waals surface area contributed by atoms with Gasteiger partial charge in [0.2, 0.25) is 0 Å². The van der Waals surface area contributed by atoms with Gasteiger partial charge in [0, 0.05) is 17.3 Å². The van der Waals surface area contributed by atoms with Crippen LogP contribution in [0.4, 0.5) is 0 Å². The topological polar surface area (TPSA) is 54.4 Å². The molecule has 0 spiro atoms. The molecule has 1 N–H and O–H groups in total. The lowest BCUT2D eigenvalue weighted by Crippen LogP contribution is -2.23. The van der Waals surface area contributed by atoms with Crippen LogP contribution in [0.25, 0.3) is 0 Å². The van der Waals surface area contributed by atoms with Gasteiger partial charge >= 0.3 is 5.97 Å². The van der Waals surface area contributed by atoms with Crippen LogP contribution < -0.4 is 0 Å². The van der Waals surface area contributed by atoms with Gasteiger partial charge < -0.3 is 5.11 Å². The first kappa shape index (κ1) is 14.9. The number of carboxylic acids is 1. The minimum atomic E-state index is -0.894. The van der Waals surface area contributed by atoms with E-state index in [2.05, 4.69) is 15.9 Å². The second kappa shape index (κ2) is 6.69. The highest BCUT2D eigenvalue weighted by Gasteiger charge is 2.24. The van der Waals surface area contributed by atoms with Crippen molar-refractivity contribution in [2.45, 2.75) is 26.7 Å². The van der Waals surface area contributed by atoms with Crippen LogP contribution in [0, 0.1) is 11.8 Å². The van der Waals surface area contributed by atoms with E-state index in [4.69, 9.17) is 5.11 Å². The summed E-state index contributed by atoms with van der Waals surface area (Å²) >= 11 is 3.33. The number of halogens is 1. The van der Waals surface area contributed by atoms with Crippen molar-refractivity contribution in [2.24, 2.45) is 11.8 Å². The molecule has 0 saturated heterocycles. The quantitative estimate of drug-likeness (QED) is 0.876. The monoisotopic (exact) mass is 312 g/mol. The summed E-state index contributed by atoms with van der Waals surface area (Å²) in [5, 5.41) is 9.04. The van der Waals surface area contributed by atoms with Crippen LogP contribution in [0.2, 0.25) is 0 Å². The zero-order valence-electron chi connectivity index (χ0n) is 10.5. The fourth-order valence-corrected chi connectivity index (χ4v) is 2.02. The standard InChI is InChI=1S/C14H17BrO3/c1-9(2)13(14(17)18)8-12(16)7-10-3-5-11(15)6-4-10/h3-6,9,13H,7-8H2,1-2H3,(H,17,18)/t13-/m0/s1. The second-order valence-electron chi connectivity index (χ2n) is 4.73. The Morgan fingerprint density at radius 3 is 2.22 bits per heavy atom. The second-order valence-corrected chi connectivity index (χ2v) is 5.65. The van der Waals surface area contributed by atoms with Crippen LogP contribution in [-0.2, 0) is 16.0 Å². The summed E-state index contributed by atoms with van der Waals surface area (Å²) in [5.74, 6) is -1.54. The highest BCUT2D eigenvalue weighted by molar-refractivity contribution is 9.10. The van der Waals surface area contributed by atoms with E-state index < -0.39 is 11.9 Å². The lowest BCUT2D eigenvalue weighted by atomic mass is 9.89. The zero-order chi connectivity index (χ0) is 13.7. The predicted octanol–water partition coefficient (Wildman–Crippen LogP) is 3.31. The Kier molecular flexibility index (Phi) is 5.54. The van der Waals surface area contributed by atoms with E-state index in [0.29, 0.717) is 6.42 Å². The maximum atomic E-state index is 11.8. The van der Waals surface area contributed by atoms with E-state index in [-0.39, 0.29) is 18.1 Å². The van der Waals surface area contributed by atoms with Crippen LogP contribution in [0.5, 0.6) is 0 Å². The lowest BCUT2D eigenvalue weighted by Gasteiger charge is -2.15. The first-order valence-electron chi connectivity index (χ1n) is 5.89. The van der Waals surface area contributed by atoms with Gasteiger partial charge in [-0.15, -0.1) is 0 Å². The number of carboxylic acid groups (broad SMARTS) is 1. The van der Waals surface area contributed by atoms with Gasteiger partial charge in [-0.05, 0) is 23.6 Å². The smallest absolute Gasteiger partial charge is 0.307 e. The molecule has 1 aromatic rings. The molecule has 0 radical (unpaired) electrons. The Labute approximate surface area is 115 Å². The van der Waals surface area contributed by atoms with Crippen LogP contribution >= 0.6 is 15.9 Å². The molecule has 1 atom stereocenters. The summed E-state index contributed by atoms with van der Waals surface area (Å²) in [4.78, 5) is 22.9. The first-order chi connectivity index (χ1) is 8.40. The van der Waals surface area contributed by atoms with Crippen LogP contribution in [0.3, 0.4) is 0 Å². The number of carbonyl (C=O) groups excluding carboxylic acids is 1. The molecule has 0 unspecified atom stereocenters. The normalized spacial score (nSPS) is 12.4. The Hall–Kier alpha value is -1.16. The molecule has 0 fully saturated rings. The van der Waals surface area contributed by atoms with E-state index in [1.54, 1.807) is 0 Å². The Morgan fingerprint density at radius 2 is 1.78 bits per heavy atom. The molecular weight excluding hydrogens is 296 g/mol. The van der Waals surface area contributed by atoms with E-state index >= 15 is 0 Å². The molecule has 18 heavy (non-hydrogen) atoms. The minimum absolute atomic E-state index is 0.0292. The zero-order valence-corrected chi connectivity index (χ0v) is 12.1. The Bertz CT molecular complexity index is 423. The molecule has 0 amide bonds. The van der Waals surface area contributed by atoms with Gasteiger partial charge in [0.05, 0.1) is 5.92 Å². The number of rotatable bonds is 6. The van der Waals surface area contributed by atoms with Gasteiger partial charge in [0.15, 0.2) is 0 Å². The molecule has 4 heteroatoms. The van der Waals surface area contributed by atoms with Crippen molar-refractivity contribution in [1.82, 2.24) is 0 Å².